The van der Waals surface area contributed by atoms with Gasteiger partial charge in [-0.25, -0.2) is 4.98 Å². The zero-order valence-corrected chi connectivity index (χ0v) is 9.81. The summed E-state index contributed by atoms with van der Waals surface area (Å²) in [5.74, 6) is 0.121. The number of aromatic nitrogens is 3. The lowest BCUT2D eigenvalue weighted by Gasteiger charge is -2.39. The minimum atomic E-state index is -0.258. The van der Waals surface area contributed by atoms with Crippen molar-refractivity contribution < 1.29 is 5.11 Å². The van der Waals surface area contributed by atoms with Gasteiger partial charge in [0.15, 0.2) is 0 Å². The maximum atomic E-state index is 11.6. The molecule has 18 heavy (non-hydrogen) atoms. The zero-order valence-electron chi connectivity index (χ0n) is 9.81. The molecule has 1 saturated heterocycles. The average Bonchev–Trinajstić information content (AvgIpc) is 2.68. The molecule has 0 radical (unpaired) electrons. The van der Waals surface area contributed by atoms with Crippen LogP contribution in [-0.4, -0.2) is 44.2 Å². The number of aliphatic hydroxyl groups is 1. The van der Waals surface area contributed by atoms with Crippen LogP contribution in [0.4, 0.5) is 5.95 Å². The van der Waals surface area contributed by atoms with Crippen molar-refractivity contribution in [2.24, 2.45) is 0 Å². The molecule has 96 valence electrons. The van der Waals surface area contributed by atoms with Gasteiger partial charge < -0.3 is 15.8 Å². The number of nitrogens with one attached hydrogen (secondary N) is 2. The Kier molecular flexibility index (Phi) is 2.57. The number of anilines is 1. The number of fused-ring (bicyclic) bond motifs is 1. The van der Waals surface area contributed by atoms with Gasteiger partial charge in [-0.15, -0.1) is 0 Å². The number of likely N-dealkylation sites (tertiary alicyclic amines) is 1. The molecule has 0 amide bonds. The smallest absolute Gasteiger partial charge is 0.276 e. The van der Waals surface area contributed by atoms with Crippen LogP contribution in [0.25, 0.3) is 11.0 Å². The van der Waals surface area contributed by atoms with Crippen LogP contribution < -0.4 is 11.3 Å². The fourth-order valence-corrected chi connectivity index (χ4v) is 2.33. The Labute approximate surface area is 103 Å². The van der Waals surface area contributed by atoms with Crippen LogP contribution >= 0.6 is 0 Å². The normalized spacial score (nSPS) is 20.2. The lowest BCUT2D eigenvalue weighted by Crippen LogP contribution is -2.48. The highest BCUT2D eigenvalue weighted by Crippen LogP contribution is 2.22. The molecule has 0 unspecified atom stereocenters. The SMILES string of the molecule is Nc1nc2c(CN3CC[C@H]3CO)c[nH]c2c(=O)[nH]1. The molecule has 1 fully saturated rings. The largest absolute Gasteiger partial charge is 0.395 e. The second-order valence-corrected chi connectivity index (χ2v) is 4.58. The second kappa shape index (κ2) is 4.11. The van der Waals surface area contributed by atoms with E-state index in [1.165, 1.54) is 0 Å². The van der Waals surface area contributed by atoms with Crippen molar-refractivity contribution in [3.8, 4) is 0 Å². The van der Waals surface area contributed by atoms with E-state index in [0.29, 0.717) is 17.6 Å². The molecule has 1 aliphatic rings. The van der Waals surface area contributed by atoms with E-state index >= 15 is 0 Å². The summed E-state index contributed by atoms with van der Waals surface area (Å²) >= 11 is 0. The number of aromatic amines is 2. The van der Waals surface area contributed by atoms with Gasteiger partial charge in [0.25, 0.3) is 5.56 Å². The molecule has 1 atom stereocenters. The minimum absolute atomic E-state index is 0.121. The highest BCUT2D eigenvalue weighted by atomic mass is 16.3. The van der Waals surface area contributed by atoms with Crippen molar-refractivity contribution in [2.75, 3.05) is 18.9 Å². The fourth-order valence-electron chi connectivity index (χ4n) is 2.33. The highest BCUT2D eigenvalue weighted by Gasteiger charge is 2.27. The van der Waals surface area contributed by atoms with Gasteiger partial charge in [-0.1, -0.05) is 0 Å². The van der Waals surface area contributed by atoms with Crippen molar-refractivity contribution in [3.05, 3.63) is 22.1 Å². The first-order valence-corrected chi connectivity index (χ1v) is 5.89. The second-order valence-electron chi connectivity index (χ2n) is 4.58. The summed E-state index contributed by atoms with van der Waals surface area (Å²) in [6, 6.07) is 0.217. The van der Waals surface area contributed by atoms with Crippen LogP contribution in [0.3, 0.4) is 0 Å². The Balaban J connectivity index is 1.95. The Morgan fingerprint density at radius 1 is 1.61 bits per heavy atom. The number of rotatable bonds is 3. The number of hydrogen-bond acceptors (Lipinski definition) is 5. The van der Waals surface area contributed by atoms with Crippen LogP contribution in [0.2, 0.25) is 0 Å². The number of nitrogens with two attached hydrogens (primary N) is 1. The molecular formula is C11H15N5O2. The molecule has 0 saturated carbocycles. The van der Waals surface area contributed by atoms with Crippen LogP contribution in [0.1, 0.15) is 12.0 Å². The first-order chi connectivity index (χ1) is 8.69. The van der Waals surface area contributed by atoms with Gasteiger partial charge in [0.2, 0.25) is 5.95 Å². The van der Waals surface area contributed by atoms with E-state index < -0.39 is 0 Å². The van der Waals surface area contributed by atoms with Crippen molar-refractivity contribution in [1.82, 2.24) is 19.9 Å². The number of nitrogens with zero attached hydrogens (tertiary/aromatic N) is 2. The third-order valence-electron chi connectivity index (χ3n) is 3.48. The quantitative estimate of drug-likeness (QED) is 0.580. The first-order valence-electron chi connectivity index (χ1n) is 5.89. The van der Waals surface area contributed by atoms with Crippen LogP contribution in [0, 0.1) is 0 Å². The molecule has 5 N–H and O–H groups in total. The number of nitrogen functional groups attached to an aromatic ring is 1. The van der Waals surface area contributed by atoms with Crippen LogP contribution in [0.15, 0.2) is 11.0 Å². The lowest BCUT2D eigenvalue weighted by atomic mass is 10.0. The van der Waals surface area contributed by atoms with Gasteiger partial charge >= 0.3 is 0 Å². The summed E-state index contributed by atoms with van der Waals surface area (Å²) in [7, 11) is 0. The molecule has 3 rings (SSSR count). The molecular weight excluding hydrogens is 234 g/mol. The van der Waals surface area contributed by atoms with Crippen molar-refractivity contribution in [3.63, 3.8) is 0 Å². The summed E-state index contributed by atoms with van der Waals surface area (Å²) in [6.07, 6.45) is 2.79. The van der Waals surface area contributed by atoms with E-state index in [2.05, 4.69) is 19.9 Å². The third kappa shape index (κ3) is 1.68. The average molecular weight is 249 g/mol. The Morgan fingerprint density at radius 2 is 2.44 bits per heavy atom. The summed E-state index contributed by atoms with van der Waals surface area (Å²) in [5.41, 5.74) is 7.28. The number of hydrogen-bond donors (Lipinski definition) is 4. The molecule has 7 heteroatoms. The highest BCUT2D eigenvalue weighted by molar-refractivity contribution is 5.78. The van der Waals surface area contributed by atoms with E-state index in [1.807, 2.05) is 0 Å². The standard InChI is InChI=1S/C11H15N5O2/c12-11-14-8-6(3-13-9(8)10(18)15-11)4-16-2-1-7(16)5-17/h3,7,13,17H,1-2,4-5H2,(H3,12,14,15,18)/t7-/m0/s1. The Bertz CT molecular complexity index is 630. The summed E-state index contributed by atoms with van der Waals surface area (Å²) < 4.78 is 0. The van der Waals surface area contributed by atoms with E-state index in [4.69, 9.17) is 10.8 Å². The molecule has 0 spiro atoms. The van der Waals surface area contributed by atoms with Crippen molar-refractivity contribution >= 4 is 17.0 Å². The van der Waals surface area contributed by atoms with Crippen LogP contribution in [-0.2, 0) is 6.54 Å². The summed E-state index contributed by atoms with van der Waals surface area (Å²) in [4.78, 5) is 23.3. The van der Waals surface area contributed by atoms with Crippen LogP contribution in [0.5, 0.6) is 0 Å². The molecule has 2 aromatic heterocycles. The van der Waals surface area contributed by atoms with Gasteiger partial charge in [-0.05, 0) is 6.42 Å². The molecule has 2 aromatic rings. The molecule has 0 aliphatic carbocycles. The number of H-pyrrole nitrogens is 2. The molecule has 3 heterocycles. The summed E-state index contributed by atoms with van der Waals surface area (Å²) in [6.45, 7) is 1.79. The molecule has 1 aliphatic heterocycles. The van der Waals surface area contributed by atoms with E-state index in [1.54, 1.807) is 6.20 Å². The predicted molar refractivity (Wildman–Crippen MR) is 67.0 cm³/mol. The lowest BCUT2D eigenvalue weighted by molar-refractivity contribution is 0.0359. The first kappa shape index (κ1) is 11.2. The van der Waals surface area contributed by atoms with Crippen molar-refractivity contribution in [2.45, 2.75) is 19.0 Å². The Morgan fingerprint density at radius 3 is 3.11 bits per heavy atom. The van der Waals surface area contributed by atoms with Gasteiger partial charge in [-0.3, -0.25) is 14.7 Å². The van der Waals surface area contributed by atoms with Gasteiger partial charge in [0.1, 0.15) is 11.0 Å². The van der Waals surface area contributed by atoms with E-state index in [0.717, 1.165) is 18.5 Å². The number of aliphatic hydroxyl groups excluding tert-OH is 1. The molecule has 0 bridgehead atoms. The zero-order chi connectivity index (χ0) is 12.7. The molecule has 0 aromatic carbocycles. The minimum Gasteiger partial charge on any atom is -0.395 e. The van der Waals surface area contributed by atoms with E-state index in [9.17, 15) is 4.79 Å². The monoisotopic (exact) mass is 249 g/mol. The van der Waals surface area contributed by atoms with Gasteiger partial charge in [0.05, 0.1) is 6.61 Å². The van der Waals surface area contributed by atoms with Gasteiger partial charge in [0, 0.05) is 30.9 Å². The van der Waals surface area contributed by atoms with E-state index in [-0.39, 0.29) is 24.2 Å². The van der Waals surface area contributed by atoms with Gasteiger partial charge in [-0.2, -0.15) is 0 Å². The summed E-state index contributed by atoms with van der Waals surface area (Å²) in [5, 5.41) is 9.15. The van der Waals surface area contributed by atoms with Crippen molar-refractivity contribution in [1.29, 1.82) is 0 Å². The predicted octanol–water partition coefficient (Wildman–Crippen LogP) is -0.600. The maximum absolute atomic E-state index is 11.6. The topological polar surface area (TPSA) is 111 Å². The fraction of sp³-hybridized carbons (Fsp3) is 0.455. The third-order valence-corrected chi connectivity index (χ3v) is 3.48. The maximum Gasteiger partial charge on any atom is 0.276 e. The Hall–Kier alpha value is -1.86. The molecule has 7 nitrogen and oxygen atoms in total.